The minimum absolute atomic E-state index is 0.0250. The molecule has 0 spiro atoms. The Balaban J connectivity index is 0.000000187. The van der Waals surface area contributed by atoms with E-state index in [1.54, 1.807) is 67.3 Å². The first-order valence-corrected chi connectivity index (χ1v) is 17.1. The summed E-state index contributed by atoms with van der Waals surface area (Å²) in [6, 6.07) is 19.3. The summed E-state index contributed by atoms with van der Waals surface area (Å²) in [5, 5.41) is 18.4. The fraction of sp³-hybridized carbons (Fsp3) is 0.182. The van der Waals surface area contributed by atoms with Crippen LogP contribution >= 0.6 is 0 Å². The van der Waals surface area contributed by atoms with E-state index in [4.69, 9.17) is 0 Å². The first-order valence-electron chi connectivity index (χ1n) is 15.6. The molecular weight excluding hydrogens is 661 g/mol. The molecule has 0 saturated carbocycles. The predicted molar refractivity (Wildman–Crippen MR) is 183 cm³/mol. The lowest BCUT2D eigenvalue weighted by molar-refractivity contribution is -0.116. The summed E-state index contributed by atoms with van der Waals surface area (Å²) in [6.45, 7) is -0.0250. The van der Waals surface area contributed by atoms with Gasteiger partial charge in [0.1, 0.15) is 11.4 Å². The van der Waals surface area contributed by atoms with E-state index in [0.717, 1.165) is 31.2 Å². The molecule has 0 bridgehead atoms. The van der Waals surface area contributed by atoms with Gasteiger partial charge in [0, 0.05) is 43.3 Å². The summed E-state index contributed by atoms with van der Waals surface area (Å²) in [4.78, 5) is 44.7. The van der Waals surface area contributed by atoms with Crippen molar-refractivity contribution in [3.8, 4) is 23.0 Å². The molecule has 17 heteroatoms. The van der Waals surface area contributed by atoms with Crippen molar-refractivity contribution in [3.05, 3.63) is 108 Å². The van der Waals surface area contributed by atoms with Crippen LogP contribution in [0, 0.1) is 0 Å². The second-order valence-electron chi connectivity index (χ2n) is 11.0. The number of anilines is 2. The number of nitrogens with one attached hydrogen (secondary N) is 5. The third-order valence-corrected chi connectivity index (χ3v) is 8.94. The Hall–Kier alpha value is -6.20. The zero-order valence-corrected chi connectivity index (χ0v) is 27.4. The normalized spacial score (nSPS) is 12.2. The monoisotopic (exact) mass is 692 g/mol. The fourth-order valence-electron chi connectivity index (χ4n) is 4.99. The van der Waals surface area contributed by atoms with E-state index in [9.17, 15) is 18.0 Å². The van der Waals surface area contributed by atoms with Crippen LogP contribution in [0.1, 0.15) is 40.7 Å². The Labute approximate surface area is 286 Å². The number of nitrogens with zero attached hydrogens (tertiary/aromatic N) is 7. The number of aryl methyl sites for hydroxylation is 2. The maximum Gasteiger partial charge on any atom is 0.258 e. The quantitative estimate of drug-likeness (QED) is 0.139. The molecule has 2 amide bonds. The van der Waals surface area contributed by atoms with Crippen molar-refractivity contribution < 1.29 is 18.0 Å². The van der Waals surface area contributed by atoms with E-state index in [0.29, 0.717) is 28.6 Å². The summed E-state index contributed by atoms with van der Waals surface area (Å²) < 4.78 is 27.6. The third kappa shape index (κ3) is 8.82. The topological polar surface area (TPSA) is 226 Å². The predicted octanol–water partition coefficient (Wildman–Crippen LogP) is 3.57. The van der Waals surface area contributed by atoms with E-state index in [2.05, 4.69) is 60.7 Å². The Kier molecular flexibility index (Phi) is 10.6. The van der Waals surface area contributed by atoms with E-state index in [1.165, 1.54) is 5.56 Å². The third-order valence-electron chi connectivity index (χ3n) is 7.48. The number of carbonyl (C=O) groups is 2. The number of fused-ring (bicyclic) bond motifs is 1. The van der Waals surface area contributed by atoms with Crippen molar-refractivity contribution >= 4 is 33.7 Å². The average Bonchev–Trinajstić information content (AvgIpc) is 3.83. The highest BCUT2D eigenvalue weighted by molar-refractivity contribution is 7.89. The van der Waals surface area contributed by atoms with E-state index in [1.807, 2.05) is 24.3 Å². The van der Waals surface area contributed by atoms with E-state index < -0.39 is 15.9 Å². The molecule has 5 heterocycles. The Morgan fingerprint density at radius 3 is 1.96 bits per heavy atom. The molecule has 0 unspecified atom stereocenters. The molecule has 0 saturated heterocycles. The Morgan fingerprint density at radius 2 is 1.34 bits per heavy atom. The van der Waals surface area contributed by atoms with Gasteiger partial charge in [0.2, 0.25) is 27.8 Å². The molecule has 0 fully saturated rings. The van der Waals surface area contributed by atoms with Gasteiger partial charge < -0.3 is 0 Å². The van der Waals surface area contributed by atoms with Gasteiger partial charge in [0.25, 0.3) is 5.91 Å². The van der Waals surface area contributed by atoms with Gasteiger partial charge in [-0.15, -0.1) is 10.2 Å². The molecule has 5 N–H and O–H groups in total. The first kappa shape index (κ1) is 33.7. The van der Waals surface area contributed by atoms with Crippen molar-refractivity contribution in [1.29, 1.82) is 0 Å². The minimum Gasteiger partial charge on any atom is -0.293 e. The van der Waals surface area contributed by atoms with Gasteiger partial charge in [-0.1, -0.05) is 18.2 Å². The zero-order chi connectivity index (χ0) is 34.8. The summed E-state index contributed by atoms with van der Waals surface area (Å²) in [7, 11) is -3.67. The number of hydrogen-bond donors (Lipinski definition) is 5. The molecule has 5 aromatic heterocycles. The number of benzene rings is 1. The lowest BCUT2D eigenvalue weighted by atomic mass is 9.92. The largest absolute Gasteiger partial charge is 0.293 e. The van der Waals surface area contributed by atoms with Crippen molar-refractivity contribution in [2.45, 2.75) is 37.0 Å². The van der Waals surface area contributed by atoms with Crippen LogP contribution in [0.5, 0.6) is 0 Å². The molecule has 16 nitrogen and oxygen atoms in total. The molecule has 0 aliphatic heterocycles. The lowest BCUT2D eigenvalue weighted by Gasteiger charge is -2.16. The first-order chi connectivity index (χ1) is 24.3. The van der Waals surface area contributed by atoms with Crippen LogP contribution in [0.3, 0.4) is 0 Å². The maximum absolute atomic E-state index is 12.5. The van der Waals surface area contributed by atoms with Gasteiger partial charge in [-0.25, -0.2) is 13.1 Å². The number of carbonyl (C=O) groups excluding carboxylic acids is 2. The number of amides is 2. The molecule has 6 aromatic rings. The molecule has 50 heavy (non-hydrogen) atoms. The van der Waals surface area contributed by atoms with Gasteiger partial charge in [-0.2, -0.15) is 9.97 Å². The highest BCUT2D eigenvalue weighted by Crippen LogP contribution is 2.24. The van der Waals surface area contributed by atoms with Crippen LogP contribution in [-0.4, -0.2) is 72.1 Å². The molecular formula is C33H32N12O4S. The van der Waals surface area contributed by atoms with Crippen LogP contribution in [0.4, 0.5) is 11.9 Å². The molecule has 254 valence electrons. The van der Waals surface area contributed by atoms with Crippen molar-refractivity contribution in [3.63, 3.8) is 0 Å². The number of rotatable bonds is 10. The highest BCUT2D eigenvalue weighted by Gasteiger charge is 2.18. The average molecular weight is 693 g/mol. The molecule has 1 aromatic carbocycles. The molecule has 0 atom stereocenters. The number of pyridine rings is 3. The van der Waals surface area contributed by atoms with Gasteiger partial charge in [0.15, 0.2) is 11.6 Å². The highest BCUT2D eigenvalue weighted by atomic mass is 32.2. The van der Waals surface area contributed by atoms with E-state index >= 15 is 0 Å². The van der Waals surface area contributed by atoms with Crippen LogP contribution < -0.4 is 15.4 Å². The molecule has 1 aliphatic carbocycles. The van der Waals surface area contributed by atoms with Crippen molar-refractivity contribution in [2.75, 3.05) is 17.2 Å². The maximum atomic E-state index is 12.5. The molecule has 7 rings (SSSR count). The van der Waals surface area contributed by atoms with Crippen LogP contribution in [0.25, 0.3) is 23.0 Å². The zero-order valence-electron chi connectivity index (χ0n) is 26.6. The van der Waals surface area contributed by atoms with Crippen LogP contribution in [0.2, 0.25) is 0 Å². The Bertz CT molecular complexity index is 2160. The number of H-pyrrole nitrogens is 2. The van der Waals surface area contributed by atoms with Gasteiger partial charge in [-0.05, 0) is 85.3 Å². The smallest absolute Gasteiger partial charge is 0.258 e. The standard InChI is InChI=1S/C20H22N6O3S.C13H10N6O/c27-18(23-20-24-19(25-26-20)17-7-3-4-11-21-17)10-12-22-30(28,29)16-9-8-14-5-1-2-6-15(14)13-16;20-12(9-4-7-14-8-5-9)17-13-16-11(18-19-13)10-3-1-2-6-15-10/h3-4,7-9,11,13,22H,1-2,5-6,10,12H2,(H2,23,24,25,26,27);1-8H,(H2,16,17,18,19,20). The Morgan fingerprint density at radius 1 is 0.720 bits per heavy atom. The van der Waals surface area contributed by atoms with Gasteiger partial charge in [-0.3, -0.25) is 45.4 Å². The second-order valence-corrected chi connectivity index (χ2v) is 12.7. The lowest BCUT2D eigenvalue weighted by Crippen LogP contribution is -2.28. The van der Waals surface area contributed by atoms with Gasteiger partial charge in [0.05, 0.1) is 4.90 Å². The molecule has 1 aliphatic rings. The van der Waals surface area contributed by atoms with Crippen LogP contribution in [-0.2, 0) is 27.7 Å². The van der Waals surface area contributed by atoms with Crippen molar-refractivity contribution in [2.24, 2.45) is 0 Å². The summed E-state index contributed by atoms with van der Waals surface area (Å²) in [5.41, 5.74) is 4.06. The fourth-order valence-corrected chi connectivity index (χ4v) is 6.08. The van der Waals surface area contributed by atoms with Crippen molar-refractivity contribution in [1.82, 2.24) is 50.0 Å². The summed E-state index contributed by atoms with van der Waals surface area (Å²) in [5.74, 6) is 0.550. The van der Waals surface area contributed by atoms with Crippen LogP contribution in [0.15, 0.2) is 96.4 Å². The number of aromatic nitrogens is 9. The minimum atomic E-state index is -3.67. The number of sulfonamides is 1. The number of hydrogen-bond acceptors (Lipinski definition) is 11. The summed E-state index contributed by atoms with van der Waals surface area (Å²) in [6.07, 6.45) is 10.5. The molecule has 0 radical (unpaired) electrons. The number of aromatic amines is 2. The summed E-state index contributed by atoms with van der Waals surface area (Å²) >= 11 is 0. The SMILES string of the molecule is O=C(CCNS(=O)(=O)c1ccc2c(c1)CCCC2)Nc1n[nH]c(-c2ccccn2)n1.O=C(Nc1n[nH]c(-c2ccccn2)n1)c1ccncc1. The van der Waals surface area contributed by atoms with E-state index in [-0.39, 0.29) is 35.7 Å². The second kappa shape index (κ2) is 15.8. The van der Waals surface area contributed by atoms with Gasteiger partial charge >= 0.3 is 0 Å².